The summed E-state index contributed by atoms with van der Waals surface area (Å²) in [5, 5.41) is 8.90. The fourth-order valence-corrected chi connectivity index (χ4v) is 3.92. The lowest BCUT2D eigenvalue weighted by Gasteiger charge is -2.11. The Morgan fingerprint density at radius 1 is 1.50 bits per heavy atom. The summed E-state index contributed by atoms with van der Waals surface area (Å²) in [7, 11) is -1.77. The monoisotopic (exact) mass is 295 g/mol. The molecule has 20 heavy (non-hydrogen) atoms. The second kappa shape index (κ2) is 6.25. The molecule has 5 nitrogen and oxygen atoms in total. The average Bonchev–Trinajstić information content (AvgIpc) is 2.90. The van der Waals surface area contributed by atoms with Crippen molar-refractivity contribution in [3.05, 3.63) is 29.3 Å². The van der Waals surface area contributed by atoms with Crippen LogP contribution in [0.5, 0.6) is 5.75 Å². The number of nitrogens with zero attached hydrogens (tertiary/aromatic N) is 1. The highest BCUT2D eigenvalue weighted by Gasteiger charge is 2.23. The van der Waals surface area contributed by atoms with Gasteiger partial charge in [-0.3, -0.25) is 0 Å². The summed E-state index contributed by atoms with van der Waals surface area (Å²) in [4.78, 5) is 0. The normalized spacial score (nSPS) is 18.7. The molecule has 0 radical (unpaired) electrons. The van der Waals surface area contributed by atoms with E-state index in [4.69, 9.17) is 14.7 Å². The lowest BCUT2D eigenvalue weighted by Crippen LogP contribution is -2.21. The van der Waals surface area contributed by atoms with E-state index in [9.17, 15) is 8.42 Å². The van der Waals surface area contributed by atoms with Crippen LogP contribution in [-0.4, -0.2) is 34.0 Å². The molecular weight excluding hydrogens is 278 g/mol. The predicted molar refractivity (Wildman–Crippen MR) is 74.2 cm³/mol. The van der Waals surface area contributed by atoms with Crippen molar-refractivity contribution in [2.75, 3.05) is 19.5 Å². The Morgan fingerprint density at radius 2 is 2.30 bits per heavy atom. The topological polar surface area (TPSA) is 76.4 Å². The number of ether oxygens (including phenoxy) is 2. The van der Waals surface area contributed by atoms with Crippen LogP contribution in [0.25, 0.3) is 0 Å². The number of hydrogen-bond donors (Lipinski definition) is 0. The van der Waals surface area contributed by atoms with Gasteiger partial charge in [-0.25, -0.2) is 8.42 Å². The van der Waals surface area contributed by atoms with Gasteiger partial charge in [-0.15, -0.1) is 0 Å². The zero-order valence-corrected chi connectivity index (χ0v) is 12.1. The maximum atomic E-state index is 12.1. The molecule has 0 aliphatic carbocycles. The first-order valence-corrected chi connectivity index (χ1v) is 8.25. The molecule has 1 aliphatic heterocycles. The van der Waals surface area contributed by atoms with E-state index in [1.54, 1.807) is 18.2 Å². The molecule has 2 rings (SSSR count). The molecule has 1 aliphatic rings. The zero-order chi connectivity index (χ0) is 14.6. The fourth-order valence-electron chi connectivity index (χ4n) is 2.29. The number of hydrogen-bond acceptors (Lipinski definition) is 5. The number of methoxy groups -OCH3 is 1. The standard InChI is InChI=1S/C14H17NO4S/c1-18-14-7-11(4-5-12(14)8-15)9-20(16,17)10-13-3-2-6-19-13/h4-5,7,13H,2-3,6,9-10H2,1H3. The van der Waals surface area contributed by atoms with Gasteiger partial charge in [-0.2, -0.15) is 5.26 Å². The fraction of sp³-hybridized carbons (Fsp3) is 0.500. The molecule has 1 atom stereocenters. The van der Waals surface area contributed by atoms with Crippen molar-refractivity contribution < 1.29 is 17.9 Å². The van der Waals surface area contributed by atoms with Gasteiger partial charge in [-0.05, 0) is 30.5 Å². The Morgan fingerprint density at radius 3 is 2.90 bits per heavy atom. The van der Waals surface area contributed by atoms with Gasteiger partial charge < -0.3 is 9.47 Å². The highest BCUT2D eigenvalue weighted by molar-refractivity contribution is 7.90. The summed E-state index contributed by atoms with van der Waals surface area (Å²) >= 11 is 0. The molecule has 0 N–H and O–H groups in total. The molecular formula is C14H17NO4S. The summed E-state index contributed by atoms with van der Waals surface area (Å²) < 4.78 is 34.7. The van der Waals surface area contributed by atoms with Crippen LogP contribution in [0, 0.1) is 11.3 Å². The first-order valence-electron chi connectivity index (χ1n) is 6.43. The van der Waals surface area contributed by atoms with Crippen LogP contribution in [0.3, 0.4) is 0 Å². The van der Waals surface area contributed by atoms with E-state index in [2.05, 4.69) is 0 Å². The highest BCUT2D eigenvalue weighted by Crippen LogP contribution is 2.22. The SMILES string of the molecule is COc1cc(CS(=O)(=O)CC2CCCO2)ccc1C#N. The molecule has 1 aromatic rings. The van der Waals surface area contributed by atoms with Crippen LogP contribution in [0.15, 0.2) is 18.2 Å². The largest absolute Gasteiger partial charge is 0.495 e. The third kappa shape index (κ3) is 3.71. The van der Waals surface area contributed by atoms with Crippen molar-refractivity contribution in [3.63, 3.8) is 0 Å². The van der Waals surface area contributed by atoms with Gasteiger partial charge in [0.2, 0.25) is 0 Å². The van der Waals surface area contributed by atoms with E-state index in [1.165, 1.54) is 7.11 Å². The molecule has 108 valence electrons. The Labute approximate surface area is 119 Å². The first-order chi connectivity index (χ1) is 9.54. The quantitative estimate of drug-likeness (QED) is 0.825. The molecule has 1 unspecified atom stereocenters. The van der Waals surface area contributed by atoms with E-state index in [0.29, 0.717) is 23.5 Å². The molecule has 0 bridgehead atoms. The minimum Gasteiger partial charge on any atom is -0.495 e. The highest BCUT2D eigenvalue weighted by atomic mass is 32.2. The summed E-state index contributed by atoms with van der Waals surface area (Å²) in [6, 6.07) is 6.83. The van der Waals surface area contributed by atoms with E-state index in [0.717, 1.165) is 12.8 Å². The summed E-state index contributed by atoms with van der Waals surface area (Å²) in [5.74, 6) is 0.391. The Kier molecular flexibility index (Phi) is 4.63. The molecule has 0 saturated carbocycles. The first kappa shape index (κ1) is 14.8. The predicted octanol–water partition coefficient (Wildman–Crippen LogP) is 1.66. The average molecular weight is 295 g/mol. The Bertz CT molecular complexity index is 613. The number of rotatable bonds is 5. The summed E-state index contributed by atoms with van der Waals surface area (Å²) in [5.41, 5.74) is 1.02. The molecule has 6 heteroatoms. The lowest BCUT2D eigenvalue weighted by molar-refractivity contribution is 0.127. The van der Waals surface area contributed by atoms with Crippen LogP contribution in [-0.2, 0) is 20.3 Å². The van der Waals surface area contributed by atoms with Gasteiger partial charge >= 0.3 is 0 Å². The van der Waals surface area contributed by atoms with Gasteiger partial charge in [0, 0.05) is 6.61 Å². The van der Waals surface area contributed by atoms with Crippen LogP contribution in [0.2, 0.25) is 0 Å². The van der Waals surface area contributed by atoms with Crippen LogP contribution in [0.4, 0.5) is 0 Å². The minimum atomic E-state index is -3.23. The summed E-state index contributed by atoms with van der Waals surface area (Å²) in [6.07, 6.45) is 1.54. The smallest absolute Gasteiger partial charge is 0.156 e. The molecule has 0 spiro atoms. The van der Waals surface area contributed by atoms with Gasteiger partial charge in [0.1, 0.15) is 11.8 Å². The lowest BCUT2D eigenvalue weighted by atomic mass is 10.1. The molecule has 1 aromatic carbocycles. The van der Waals surface area contributed by atoms with Crippen LogP contribution < -0.4 is 4.74 Å². The van der Waals surface area contributed by atoms with Crippen molar-refractivity contribution in [2.45, 2.75) is 24.7 Å². The number of sulfone groups is 1. The van der Waals surface area contributed by atoms with Gasteiger partial charge in [0.05, 0.1) is 30.3 Å². The molecule has 1 heterocycles. The van der Waals surface area contributed by atoms with Crippen molar-refractivity contribution in [3.8, 4) is 11.8 Å². The van der Waals surface area contributed by atoms with Crippen molar-refractivity contribution in [1.29, 1.82) is 5.26 Å². The molecule has 1 fully saturated rings. The maximum Gasteiger partial charge on any atom is 0.156 e. The minimum absolute atomic E-state index is 0.0509. The molecule has 0 aromatic heterocycles. The van der Waals surface area contributed by atoms with E-state index < -0.39 is 9.84 Å². The van der Waals surface area contributed by atoms with Gasteiger partial charge in [-0.1, -0.05) is 6.07 Å². The zero-order valence-electron chi connectivity index (χ0n) is 11.3. The molecule has 0 amide bonds. The van der Waals surface area contributed by atoms with Crippen LogP contribution in [0.1, 0.15) is 24.0 Å². The third-order valence-electron chi connectivity index (χ3n) is 3.24. The van der Waals surface area contributed by atoms with E-state index >= 15 is 0 Å². The van der Waals surface area contributed by atoms with E-state index in [-0.39, 0.29) is 17.6 Å². The number of benzene rings is 1. The van der Waals surface area contributed by atoms with Crippen LogP contribution >= 0.6 is 0 Å². The van der Waals surface area contributed by atoms with Gasteiger partial charge in [0.15, 0.2) is 9.84 Å². The second-order valence-corrected chi connectivity index (χ2v) is 6.95. The van der Waals surface area contributed by atoms with Crippen molar-refractivity contribution >= 4 is 9.84 Å². The number of nitriles is 1. The Hall–Kier alpha value is -1.58. The summed E-state index contributed by atoms with van der Waals surface area (Å²) in [6.45, 7) is 0.644. The molecule has 1 saturated heterocycles. The third-order valence-corrected chi connectivity index (χ3v) is 4.89. The Balaban J connectivity index is 2.10. The van der Waals surface area contributed by atoms with Gasteiger partial charge in [0.25, 0.3) is 0 Å². The second-order valence-electron chi connectivity index (χ2n) is 4.84. The maximum absolute atomic E-state index is 12.1. The van der Waals surface area contributed by atoms with Crippen molar-refractivity contribution in [1.82, 2.24) is 0 Å². The van der Waals surface area contributed by atoms with E-state index in [1.807, 2.05) is 6.07 Å². The van der Waals surface area contributed by atoms with Crippen molar-refractivity contribution in [2.24, 2.45) is 0 Å².